The summed E-state index contributed by atoms with van der Waals surface area (Å²) in [6, 6.07) is 4.78. The lowest BCUT2D eigenvalue weighted by molar-refractivity contribution is -0.105. The standard InChI is InChI=1S/C11H13FN2O/c12-10-7-9(13-8-15)3-4-11(10)14-5-1-2-6-14/h3-4,7-8H,1-2,5-6H2,(H,13,15). The van der Waals surface area contributed by atoms with Crippen molar-refractivity contribution in [3.63, 3.8) is 0 Å². The van der Waals surface area contributed by atoms with Gasteiger partial charge < -0.3 is 10.2 Å². The molecule has 0 atom stereocenters. The van der Waals surface area contributed by atoms with Gasteiger partial charge in [-0.2, -0.15) is 0 Å². The molecule has 1 saturated heterocycles. The molecular weight excluding hydrogens is 195 g/mol. The molecule has 1 aliphatic rings. The Balaban J connectivity index is 2.21. The average Bonchev–Trinajstić information content (AvgIpc) is 2.71. The SMILES string of the molecule is O=CNc1ccc(N2CCCC2)c(F)c1. The zero-order valence-corrected chi connectivity index (χ0v) is 8.37. The van der Waals surface area contributed by atoms with Crippen LogP contribution in [0.5, 0.6) is 0 Å². The van der Waals surface area contributed by atoms with Crippen molar-refractivity contribution >= 4 is 17.8 Å². The average molecular weight is 208 g/mol. The van der Waals surface area contributed by atoms with E-state index in [-0.39, 0.29) is 5.82 Å². The van der Waals surface area contributed by atoms with E-state index in [0.29, 0.717) is 17.8 Å². The molecule has 1 amide bonds. The zero-order valence-electron chi connectivity index (χ0n) is 8.37. The predicted octanol–water partition coefficient (Wildman–Crippen LogP) is 1.99. The maximum atomic E-state index is 13.6. The predicted molar refractivity (Wildman–Crippen MR) is 57.5 cm³/mol. The van der Waals surface area contributed by atoms with Crippen molar-refractivity contribution in [2.45, 2.75) is 12.8 Å². The fraction of sp³-hybridized carbons (Fsp3) is 0.364. The molecule has 0 aliphatic carbocycles. The van der Waals surface area contributed by atoms with Crippen LogP contribution in [0.1, 0.15) is 12.8 Å². The van der Waals surface area contributed by atoms with Gasteiger partial charge in [0.05, 0.1) is 5.69 Å². The van der Waals surface area contributed by atoms with Crippen molar-refractivity contribution in [3.8, 4) is 0 Å². The fourth-order valence-corrected chi connectivity index (χ4v) is 1.88. The van der Waals surface area contributed by atoms with E-state index in [4.69, 9.17) is 0 Å². The van der Waals surface area contributed by atoms with Gasteiger partial charge in [-0.05, 0) is 31.0 Å². The van der Waals surface area contributed by atoms with Crippen molar-refractivity contribution in [2.24, 2.45) is 0 Å². The lowest BCUT2D eigenvalue weighted by atomic mass is 10.2. The van der Waals surface area contributed by atoms with Crippen molar-refractivity contribution in [1.29, 1.82) is 0 Å². The summed E-state index contributed by atoms with van der Waals surface area (Å²) >= 11 is 0. The number of nitrogens with zero attached hydrogens (tertiary/aromatic N) is 1. The van der Waals surface area contributed by atoms with Gasteiger partial charge in [-0.25, -0.2) is 4.39 Å². The fourth-order valence-electron chi connectivity index (χ4n) is 1.88. The van der Waals surface area contributed by atoms with Crippen molar-refractivity contribution in [2.75, 3.05) is 23.3 Å². The van der Waals surface area contributed by atoms with E-state index in [1.54, 1.807) is 12.1 Å². The Bertz CT molecular complexity index is 362. The van der Waals surface area contributed by atoms with E-state index in [9.17, 15) is 9.18 Å². The normalized spacial score (nSPS) is 15.4. The third kappa shape index (κ3) is 2.09. The molecule has 1 heterocycles. The van der Waals surface area contributed by atoms with E-state index >= 15 is 0 Å². The minimum Gasteiger partial charge on any atom is -0.369 e. The van der Waals surface area contributed by atoms with Crippen LogP contribution in [0.3, 0.4) is 0 Å². The third-order valence-electron chi connectivity index (χ3n) is 2.62. The van der Waals surface area contributed by atoms with Gasteiger partial charge in [0.15, 0.2) is 0 Å². The van der Waals surface area contributed by atoms with Gasteiger partial charge in [0.2, 0.25) is 6.41 Å². The molecule has 15 heavy (non-hydrogen) atoms. The van der Waals surface area contributed by atoms with Crippen LogP contribution in [0.2, 0.25) is 0 Å². The first kappa shape index (κ1) is 9.96. The van der Waals surface area contributed by atoms with E-state index in [1.165, 1.54) is 6.07 Å². The number of halogens is 1. The largest absolute Gasteiger partial charge is 0.369 e. The number of amides is 1. The first-order valence-corrected chi connectivity index (χ1v) is 5.06. The number of anilines is 2. The van der Waals surface area contributed by atoms with Crippen LogP contribution in [0, 0.1) is 5.82 Å². The van der Waals surface area contributed by atoms with Gasteiger partial charge in [0.1, 0.15) is 5.82 Å². The molecule has 0 unspecified atom stereocenters. The van der Waals surface area contributed by atoms with E-state index in [0.717, 1.165) is 25.9 Å². The summed E-state index contributed by atoms with van der Waals surface area (Å²) in [7, 11) is 0. The van der Waals surface area contributed by atoms with Crippen molar-refractivity contribution < 1.29 is 9.18 Å². The topological polar surface area (TPSA) is 32.3 Å². The summed E-state index contributed by atoms with van der Waals surface area (Å²) in [5.74, 6) is -0.274. The first-order chi connectivity index (χ1) is 7.31. The maximum Gasteiger partial charge on any atom is 0.211 e. The highest BCUT2D eigenvalue weighted by molar-refractivity contribution is 5.72. The molecule has 2 rings (SSSR count). The second kappa shape index (κ2) is 4.29. The number of hydrogen-bond acceptors (Lipinski definition) is 2. The third-order valence-corrected chi connectivity index (χ3v) is 2.62. The summed E-state index contributed by atoms with van der Waals surface area (Å²) < 4.78 is 13.6. The molecule has 4 heteroatoms. The number of hydrogen-bond donors (Lipinski definition) is 1. The second-order valence-corrected chi connectivity index (χ2v) is 3.62. The molecule has 80 valence electrons. The Labute approximate surface area is 87.9 Å². The second-order valence-electron chi connectivity index (χ2n) is 3.62. The van der Waals surface area contributed by atoms with Crippen molar-refractivity contribution in [3.05, 3.63) is 24.0 Å². The Morgan fingerprint density at radius 1 is 1.33 bits per heavy atom. The van der Waals surface area contributed by atoms with Gasteiger partial charge in [-0.15, -0.1) is 0 Å². The molecule has 1 fully saturated rings. The molecule has 0 aromatic heterocycles. The smallest absolute Gasteiger partial charge is 0.211 e. The Morgan fingerprint density at radius 2 is 2.07 bits per heavy atom. The molecule has 1 N–H and O–H groups in total. The molecule has 0 saturated carbocycles. The number of nitrogens with one attached hydrogen (secondary N) is 1. The molecule has 1 aromatic rings. The minimum absolute atomic E-state index is 0.274. The number of carbonyl (C=O) groups is 1. The summed E-state index contributed by atoms with van der Waals surface area (Å²) in [4.78, 5) is 12.2. The van der Waals surface area contributed by atoms with Crippen LogP contribution < -0.4 is 10.2 Å². The molecule has 1 aromatic carbocycles. The van der Waals surface area contributed by atoms with Gasteiger partial charge in [0.25, 0.3) is 0 Å². The molecule has 0 bridgehead atoms. The molecule has 1 aliphatic heterocycles. The monoisotopic (exact) mass is 208 g/mol. The highest BCUT2D eigenvalue weighted by Crippen LogP contribution is 2.25. The minimum atomic E-state index is -0.274. The lowest BCUT2D eigenvalue weighted by Crippen LogP contribution is -2.18. The van der Waals surface area contributed by atoms with Crippen LogP contribution in [-0.2, 0) is 4.79 Å². The summed E-state index contributed by atoms with van der Waals surface area (Å²) in [5, 5.41) is 2.43. The van der Waals surface area contributed by atoms with Gasteiger partial charge in [-0.1, -0.05) is 0 Å². The van der Waals surface area contributed by atoms with Crippen LogP contribution in [0.15, 0.2) is 18.2 Å². The van der Waals surface area contributed by atoms with Crippen LogP contribution in [0.4, 0.5) is 15.8 Å². The highest BCUT2D eigenvalue weighted by Gasteiger charge is 2.15. The maximum absolute atomic E-state index is 13.6. The quantitative estimate of drug-likeness (QED) is 0.770. The Kier molecular flexibility index (Phi) is 2.85. The molecule has 0 radical (unpaired) electrons. The molecule has 0 spiro atoms. The molecule has 3 nitrogen and oxygen atoms in total. The highest BCUT2D eigenvalue weighted by atomic mass is 19.1. The lowest BCUT2D eigenvalue weighted by Gasteiger charge is -2.18. The number of rotatable bonds is 3. The van der Waals surface area contributed by atoms with Crippen LogP contribution in [-0.4, -0.2) is 19.5 Å². The van der Waals surface area contributed by atoms with E-state index in [2.05, 4.69) is 5.32 Å². The van der Waals surface area contributed by atoms with Gasteiger partial charge in [0, 0.05) is 18.8 Å². The number of carbonyl (C=O) groups excluding carboxylic acids is 1. The van der Waals surface area contributed by atoms with E-state index < -0.39 is 0 Å². The summed E-state index contributed by atoms with van der Waals surface area (Å²) in [6.07, 6.45) is 2.78. The summed E-state index contributed by atoms with van der Waals surface area (Å²) in [6.45, 7) is 1.83. The van der Waals surface area contributed by atoms with E-state index in [1.807, 2.05) is 4.90 Å². The Hall–Kier alpha value is -1.58. The van der Waals surface area contributed by atoms with Gasteiger partial charge in [-0.3, -0.25) is 4.79 Å². The van der Waals surface area contributed by atoms with Gasteiger partial charge >= 0.3 is 0 Å². The molecular formula is C11H13FN2O. The van der Waals surface area contributed by atoms with Crippen LogP contribution in [0.25, 0.3) is 0 Å². The first-order valence-electron chi connectivity index (χ1n) is 5.06. The zero-order chi connectivity index (χ0) is 10.7. The Morgan fingerprint density at radius 3 is 2.67 bits per heavy atom. The van der Waals surface area contributed by atoms with Crippen LogP contribution >= 0.6 is 0 Å². The number of benzene rings is 1. The van der Waals surface area contributed by atoms with Crippen molar-refractivity contribution in [1.82, 2.24) is 0 Å². The summed E-state index contributed by atoms with van der Waals surface area (Å²) in [5.41, 5.74) is 1.12.